The summed E-state index contributed by atoms with van der Waals surface area (Å²) in [6.07, 6.45) is 4.96. The summed E-state index contributed by atoms with van der Waals surface area (Å²) in [5.74, 6) is 0.274. The van der Waals surface area contributed by atoms with Crippen molar-refractivity contribution in [3.05, 3.63) is 21.7 Å². The van der Waals surface area contributed by atoms with Crippen LogP contribution in [0.2, 0.25) is 0 Å². The molecule has 1 aliphatic carbocycles. The van der Waals surface area contributed by atoms with Gasteiger partial charge in [0.2, 0.25) is 5.88 Å². The van der Waals surface area contributed by atoms with Crippen LogP contribution < -0.4 is 5.56 Å². The fourth-order valence-corrected chi connectivity index (χ4v) is 2.59. The van der Waals surface area contributed by atoms with Gasteiger partial charge in [0.15, 0.2) is 0 Å². The van der Waals surface area contributed by atoms with Crippen LogP contribution in [0.25, 0.3) is 0 Å². The van der Waals surface area contributed by atoms with Gasteiger partial charge in [0.25, 0.3) is 5.56 Å². The summed E-state index contributed by atoms with van der Waals surface area (Å²) in [4.78, 5) is 18.6. The third kappa shape index (κ3) is 2.27. The van der Waals surface area contributed by atoms with Gasteiger partial charge in [-0.3, -0.25) is 4.79 Å². The van der Waals surface area contributed by atoms with E-state index in [0.29, 0.717) is 12.4 Å². The van der Waals surface area contributed by atoms with Gasteiger partial charge in [0.1, 0.15) is 11.4 Å². The van der Waals surface area contributed by atoms with Crippen LogP contribution in [0.3, 0.4) is 0 Å². The number of aromatic hydroxyl groups is 1. The fourth-order valence-electron chi connectivity index (χ4n) is 2.59. The summed E-state index contributed by atoms with van der Waals surface area (Å²) >= 11 is 0. The van der Waals surface area contributed by atoms with Crippen molar-refractivity contribution in [3.8, 4) is 5.88 Å². The number of nitrogens with zero attached hydrogens (tertiary/aromatic N) is 1. The Morgan fingerprint density at radius 3 is 2.61 bits per heavy atom. The van der Waals surface area contributed by atoms with Crippen LogP contribution in [0.4, 0.5) is 0 Å². The lowest BCUT2D eigenvalue weighted by Gasteiger charge is -2.35. The number of nitrogens with one attached hydrogen (secondary N) is 1. The van der Waals surface area contributed by atoms with E-state index in [2.05, 4.69) is 9.97 Å². The Balaban J connectivity index is 2.45. The minimum absolute atomic E-state index is 0.196. The first kappa shape index (κ1) is 13.1. The Morgan fingerprint density at radius 2 is 2.06 bits per heavy atom. The third-order valence-corrected chi connectivity index (χ3v) is 3.64. The van der Waals surface area contributed by atoms with Crippen LogP contribution in [-0.4, -0.2) is 21.7 Å². The summed E-state index contributed by atoms with van der Waals surface area (Å²) in [5, 5.41) is 9.71. The van der Waals surface area contributed by atoms with Crippen LogP contribution in [0.1, 0.15) is 50.4 Å². The second-order valence-corrected chi connectivity index (χ2v) is 4.85. The second kappa shape index (κ2) is 5.10. The van der Waals surface area contributed by atoms with E-state index in [1.54, 1.807) is 6.92 Å². The molecule has 0 spiro atoms. The predicted octanol–water partition coefficient (Wildman–Crippen LogP) is 1.98. The van der Waals surface area contributed by atoms with Gasteiger partial charge in [-0.15, -0.1) is 0 Å². The SMILES string of the molecule is CCOC1(c2nc(O)c(C)c(=O)[nH]2)CCCCC1. The highest BCUT2D eigenvalue weighted by atomic mass is 16.5. The monoisotopic (exact) mass is 252 g/mol. The van der Waals surface area contributed by atoms with E-state index < -0.39 is 5.60 Å². The van der Waals surface area contributed by atoms with E-state index in [0.717, 1.165) is 25.7 Å². The normalized spacial score (nSPS) is 18.8. The molecule has 5 nitrogen and oxygen atoms in total. The smallest absolute Gasteiger partial charge is 0.257 e. The van der Waals surface area contributed by atoms with Gasteiger partial charge in [0, 0.05) is 6.61 Å². The van der Waals surface area contributed by atoms with Crippen LogP contribution >= 0.6 is 0 Å². The molecule has 0 unspecified atom stereocenters. The predicted molar refractivity (Wildman–Crippen MR) is 67.6 cm³/mol. The standard InChI is InChI=1S/C13H20N2O3/c1-3-18-13(7-5-4-6-8-13)12-14-10(16)9(2)11(17)15-12/h3-8H2,1-2H3,(H2,14,15,16,17). The van der Waals surface area contributed by atoms with E-state index in [9.17, 15) is 9.90 Å². The molecular weight excluding hydrogens is 232 g/mol. The Labute approximate surface area is 106 Å². The molecule has 2 N–H and O–H groups in total. The molecule has 0 bridgehead atoms. The van der Waals surface area contributed by atoms with Gasteiger partial charge < -0.3 is 14.8 Å². The van der Waals surface area contributed by atoms with Gasteiger partial charge in [-0.1, -0.05) is 19.3 Å². The van der Waals surface area contributed by atoms with E-state index in [1.807, 2.05) is 6.92 Å². The van der Waals surface area contributed by atoms with Crippen LogP contribution in [-0.2, 0) is 10.3 Å². The molecule has 1 aliphatic rings. The topological polar surface area (TPSA) is 75.2 Å². The zero-order chi connectivity index (χ0) is 13.2. The Bertz CT molecular complexity index is 470. The summed E-state index contributed by atoms with van der Waals surface area (Å²) in [6, 6.07) is 0. The van der Waals surface area contributed by atoms with Crippen molar-refractivity contribution < 1.29 is 9.84 Å². The summed E-state index contributed by atoms with van der Waals surface area (Å²) < 4.78 is 5.86. The van der Waals surface area contributed by atoms with Crippen molar-refractivity contribution in [1.82, 2.24) is 9.97 Å². The van der Waals surface area contributed by atoms with E-state index >= 15 is 0 Å². The molecule has 0 aromatic carbocycles. The lowest BCUT2D eigenvalue weighted by Crippen LogP contribution is -2.36. The van der Waals surface area contributed by atoms with Crippen LogP contribution in [0.5, 0.6) is 5.88 Å². The zero-order valence-electron chi connectivity index (χ0n) is 11.0. The van der Waals surface area contributed by atoms with Gasteiger partial charge in [-0.25, -0.2) is 0 Å². The van der Waals surface area contributed by atoms with Gasteiger partial charge in [-0.05, 0) is 26.7 Å². The van der Waals surface area contributed by atoms with Crippen LogP contribution in [0.15, 0.2) is 4.79 Å². The number of ether oxygens (including phenoxy) is 1. The molecule has 0 aliphatic heterocycles. The van der Waals surface area contributed by atoms with E-state index in [1.165, 1.54) is 6.42 Å². The maximum absolute atomic E-state index is 11.7. The molecule has 0 amide bonds. The van der Waals surface area contributed by atoms with Crippen molar-refractivity contribution in [1.29, 1.82) is 0 Å². The number of hydrogen-bond acceptors (Lipinski definition) is 4. The van der Waals surface area contributed by atoms with E-state index in [4.69, 9.17) is 4.74 Å². The molecule has 1 aromatic heterocycles. The van der Waals surface area contributed by atoms with E-state index in [-0.39, 0.29) is 17.0 Å². The fraction of sp³-hybridized carbons (Fsp3) is 0.692. The van der Waals surface area contributed by atoms with Crippen molar-refractivity contribution in [2.45, 2.75) is 51.6 Å². The average Bonchev–Trinajstić information content (AvgIpc) is 2.37. The highest BCUT2D eigenvalue weighted by molar-refractivity contribution is 5.22. The molecule has 1 aromatic rings. The minimum atomic E-state index is -0.530. The molecule has 1 heterocycles. The molecule has 1 fully saturated rings. The van der Waals surface area contributed by atoms with Crippen molar-refractivity contribution >= 4 is 0 Å². The Kier molecular flexibility index (Phi) is 3.71. The molecule has 100 valence electrons. The molecular formula is C13H20N2O3. The summed E-state index contributed by atoms with van der Waals surface area (Å²) in [6.45, 7) is 4.06. The number of H-pyrrole nitrogens is 1. The van der Waals surface area contributed by atoms with Crippen LogP contribution in [0, 0.1) is 6.92 Å². The Morgan fingerprint density at radius 1 is 1.39 bits per heavy atom. The first-order valence-electron chi connectivity index (χ1n) is 6.53. The number of rotatable bonds is 3. The zero-order valence-corrected chi connectivity index (χ0v) is 11.0. The molecule has 0 radical (unpaired) electrons. The number of aromatic nitrogens is 2. The quantitative estimate of drug-likeness (QED) is 0.862. The molecule has 2 rings (SSSR count). The molecule has 0 saturated heterocycles. The average molecular weight is 252 g/mol. The van der Waals surface area contributed by atoms with Gasteiger partial charge >= 0.3 is 0 Å². The van der Waals surface area contributed by atoms with Crippen molar-refractivity contribution in [2.24, 2.45) is 0 Å². The largest absolute Gasteiger partial charge is 0.493 e. The molecule has 0 atom stereocenters. The maximum Gasteiger partial charge on any atom is 0.257 e. The van der Waals surface area contributed by atoms with Gasteiger partial charge in [-0.2, -0.15) is 4.98 Å². The first-order valence-corrected chi connectivity index (χ1v) is 6.53. The Hall–Kier alpha value is -1.36. The highest BCUT2D eigenvalue weighted by Crippen LogP contribution is 2.38. The molecule has 1 saturated carbocycles. The van der Waals surface area contributed by atoms with Crippen molar-refractivity contribution in [3.63, 3.8) is 0 Å². The summed E-state index contributed by atoms with van der Waals surface area (Å²) in [7, 11) is 0. The lowest BCUT2D eigenvalue weighted by molar-refractivity contribution is -0.0771. The molecule has 5 heteroatoms. The first-order chi connectivity index (χ1) is 8.59. The lowest BCUT2D eigenvalue weighted by atomic mass is 9.84. The second-order valence-electron chi connectivity index (χ2n) is 4.85. The number of hydrogen-bond donors (Lipinski definition) is 2. The highest BCUT2D eigenvalue weighted by Gasteiger charge is 2.37. The summed E-state index contributed by atoms with van der Waals surface area (Å²) in [5.41, 5.74) is -0.569. The molecule has 18 heavy (non-hydrogen) atoms. The third-order valence-electron chi connectivity index (χ3n) is 3.64. The van der Waals surface area contributed by atoms with Crippen molar-refractivity contribution in [2.75, 3.05) is 6.61 Å². The number of aromatic amines is 1. The minimum Gasteiger partial charge on any atom is -0.493 e. The maximum atomic E-state index is 11.7. The van der Waals surface area contributed by atoms with Gasteiger partial charge in [0.05, 0.1) is 5.56 Å².